The first kappa shape index (κ1) is 12.3. The maximum absolute atomic E-state index is 13.5. The Kier molecular flexibility index (Phi) is 3.29. The number of para-hydroxylation sites is 1. The molecule has 0 radical (unpaired) electrons. The van der Waals surface area contributed by atoms with Crippen LogP contribution < -0.4 is 5.56 Å². The van der Waals surface area contributed by atoms with Crippen molar-refractivity contribution in [1.82, 2.24) is 9.55 Å². The zero-order valence-electron chi connectivity index (χ0n) is 10.5. The second-order valence-corrected chi connectivity index (χ2v) is 4.83. The highest BCUT2D eigenvalue weighted by Crippen LogP contribution is 2.15. The number of hydrogen-bond acceptors (Lipinski definition) is 3. The van der Waals surface area contributed by atoms with Crippen LogP contribution in [0.3, 0.4) is 0 Å². The molecule has 1 aliphatic rings. The lowest BCUT2D eigenvalue weighted by Crippen LogP contribution is -2.30. The summed E-state index contributed by atoms with van der Waals surface area (Å²) in [5.74, 6) is -0.462. The molecular weight excluding hydrogens is 247 g/mol. The van der Waals surface area contributed by atoms with Gasteiger partial charge in [0.25, 0.3) is 5.56 Å². The molecule has 19 heavy (non-hydrogen) atoms. The molecule has 0 amide bonds. The van der Waals surface area contributed by atoms with Crippen LogP contribution >= 0.6 is 0 Å². The molecule has 2 aromatic rings. The molecular formula is C14H15FN2O2. The Balaban J connectivity index is 1.96. The second kappa shape index (κ2) is 5.09. The quantitative estimate of drug-likeness (QED) is 0.832. The monoisotopic (exact) mass is 262 g/mol. The van der Waals surface area contributed by atoms with E-state index in [-0.39, 0.29) is 17.2 Å². The molecule has 0 bridgehead atoms. The van der Waals surface area contributed by atoms with E-state index in [0.717, 1.165) is 25.9 Å². The van der Waals surface area contributed by atoms with Crippen LogP contribution in [0.25, 0.3) is 10.9 Å². The average molecular weight is 262 g/mol. The van der Waals surface area contributed by atoms with Gasteiger partial charge in [0.15, 0.2) is 0 Å². The number of benzene rings is 1. The SMILES string of the molecule is O=c1c2cccc(F)c2ncn1CC1CCCCO1. The molecule has 1 atom stereocenters. The highest BCUT2D eigenvalue weighted by atomic mass is 19.1. The topological polar surface area (TPSA) is 44.1 Å². The zero-order chi connectivity index (χ0) is 13.2. The number of aromatic nitrogens is 2. The van der Waals surface area contributed by atoms with E-state index < -0.39 is 5.82 Å². The van der Waals surface area contributed by atoms with Gasteiger partial charge in [0, 0.05) is 6.61 Å². The predicted molar refractivity (Wildman–Crippen MR) is 69.6 cm³/mol. The van der Waals surface area contributed by atoms with Crippen LogP contribution in [0, 0.1) is 5.82 Å². The average Bonchev–Trinajstić information content (AvgIpc) is 2.44. The summed E-state index contributed by atoms with van der Waals surface area (Å²) in [5, 5.41) is 0.318. The lowest BCUT2D eigenvalue weighted by molar-refractivity contribution is 0.00535. The Morgan fingerprint density at radius 3 is 3.11 bits per heavy atom. The van der Waals surface area contributed by atoms with Gasteiger partial charge in [-0.2, -0.15) is 0 Å². The summed E-state index contributed by atoms with van der Waals surface area (Å²) in [6.07, 6.45) is 4.61. The van der Waals surface area contributed by atoms with E-state index in [1.54, 1.807) is 6.07 Å². The molecule has 4 nitrogen and oxygen atoms in total. The molecule has 0 saturated carbocycles. The summed E-state index contributed by atoms with van der Waals surface area (Å²) in [6, 6.07) is 4.44. The molecule has 1 fully saturated rings. The molecule has 1 saturated heterocycles. The van der Waals surface area contributed by atoms with Crippen molar-refractivity contribution in [1.29, 1.82) is 0 Å². The number of fused-ring (bicyclic) bond motifs is 1. The molecule has 3 rings (SSSR count). The fourth-order valence-corrected chi connectivity index (χ4v) is 2.45. The van der Waals surface area contributed by atoms with Gasteiger partial charge >= 0.3 is 0 Å². The van der Waals surface area contributed by atoms with E-state index >= 15 is 0 Å². The van der Waals surface area contributed by atoms with E-state index in [0.29, 0.717) is 11.9 Å². The summed E-state index contributed by atoms with van der Waals surface area (Å²) in [7, 11) is 0. The van der Waals surface area contributed by atoms with Gasteiger partial charge in [-0.3, -0.25) is 9.36 Å². The van der Waals surface area contributed by atoms with Crippen molar-refractivity contribution in [3.8, 4) is 0 Å². The van der Waals surface area contributed by atoms with E-state index in [4.69, 9.17) is 4.74 Å². The summed E-state index contributed by atoms with van der Waals surface area (Å²) in [6.45, 7) is 1.23. The fourth-order valence-electron chi connectivity index (χ4n) is 2.45. The smallest absolute Gasteiger partial charge is 0.261 e. The van der Waals surface area contributed by atoms with Crippen molar-refractivity contribution >= 4 is 10.9 Å². The molecule has 5 heteroatoms. The molecule has 0 aliphatic carbocycles. The minimum atomic E-state index is -0.462. The summed E-state index contributed by atoms with van der Waals surface area (Å²) < 4.78 is 20.6. The molecule has 2 heterocycles. The molecule has 1 aromatic carbocycles. The Labute approximate surface area is 109 Å². The maximum Gasteiger partial charge on any atom is 0.261 e. The third-order valence-corrected chi connectivity index (χ3v) is 3.48. The molecule has 0 N–H and O–H groups in total. The van der Waals surface area contributed by atoms with Crippen LogP contribution in [0.2, 0.25) is 0 Å². The van der Waals surface area contributed by atoms with E-state index in [1.807, 2.05) is 0 Å². The van der Waals surface area contributed by atoms with Gasteiger partial charge in [0.2, 0.25) is 0 Å². The molecule has 1 aromatic heterocycles. The first-order chi connectivity index (χ1) is 9.25. The molecule has 1 aliphatic heterocycles. The van der Waals surface area contributed by atoms with E-state index in [2.05, 4.69) is 4.98 Å². The lowest BCUT2D eigenvalue weighted by Gasteiger charge is -2.23. The van der Waals surface area contributed by atoms with Crippen molar-refractivity contribution in [2.24, 2.45) is 0 Å². The van der Waals surface area contributed by atoms with Crippen LogP contribution in [0.4, 0.5) is 4.39 Å². The molecule has 1 unspecified atom stereocenters. The van der Waals surface area contributed by atoms with Gasteiger partial charge in [0.1, 0.15) is 11.3 Å². The van der Waals surface area contributed by atoms with Crippen LogP contribution in [0.1, 0.15) is 19.3 Å². The minimum absolute atomic E-state index is 0.0549. The number of nitrogens with zero attached hydrogens (tertiary/aromatic N) is 2. The first-order valence-corrected chi connectivity index (χ1v) is 6.51. The lowest BCUT2D eigenvalue weighted by atomic mass is 10.1. The number of hydrogen-bond donors (Lipinski definition) is 0. The predicted octanol–water partition coefficient (Wildman–Crippen LogP) is 2.10. The zero-order valence-corrected chi connectivity index (χ0v) is 10.5. The van der Waals surface area contributed by atoms with Crippen molar-refractivity contribution in [3.05, 3.63) is 40.7 Å². The van der Waals surface area contributed by atoms with Gasteiger partial charge in [-0.15, -0.1) is 0 Å². The van der Waals surface area contributed by atoms with Crippen LogP contribution in [0.5, 0.6) is 0 Å². The van der Waals surface area contributed by atoms with Crippen LogP contribution in [0.15, 0.2) is 29.3 Å². The van der Waals surface area contributed by atoms with Crippen LogP contribution in [-0.2, 0) is 11.3 Å². The third kappa shape index (κ3) is 2.38. The highest BCUT2D eigenvalue weighted by molar-refractivity contribution is 5.77. The van der Waals surface area contributed by atoms with Crippen LogP contribution in [-0.4, -0.2) is 22.3 Å². The van der Waals surface area contributed by atoms with Crippen molar-refractivity contribution in [3.63, 3.8) is 0 Å². The molecule has 0 spiro atoms. The van der Waals surface area contributed by atoms with E-state index in [9.17, 15) is 9.18 Å². The summed E-state index contributed by atoms with van der Waals surface area (Å²) >= 11 is 0. The first-order valence-electron chi connectivity index (χ1n) is 6.51. The number of halogens is 1. The van der Waals surface area contributed by atoms with Crippen molar-refractivity contribution < 1.29 is 9.13 Å². The maximum atomic E-state index is 13.5. The second-order valence-electron chi connectivity index (χ2n) is 4.83. The standard InChI is InChI=1S/C14H15FN2O2/c15-12-6-3-5-11-13(12)16-9-17(14(11)18)8-10-4-1-2-7-19-10/h3,5-6,9-10H,1-2,4,7-8H2. The van der Waals surface area contributed by atoms with Gasteiger partial charge in [-0.25, -0.2) is 9.37 Å². The number of ether oxygens (including phenoxy) is 1. The van der Waals surface area contributed by atoms with Gasteiger partial charge in [0.05, 0.1) is 24.4 Å². The normalized spacial score (nSPS) is 19.7. The summed E-state index contributed by atoms with van der Waals surface area (Å²) in [5.41, 5.74) is -0.0769. The third-order valence-electron chi connectivity index (χ3n) is 3.48. The fraction of sp³-hybridized carbons (Fsp3) is 0.429. The van der Waals surface area contributed by atoms with Gasteiger partial charge < -0.3 is 4.74 Å². The minimum Gasteiger partial charge on any atom is -0.376 e. The van der Waals surface area contributed by atoms with Gasteiger partial charge in [-0.1, -0.05) is 6.07 Å². The Morgan fingerprint density at radius 2 is 2.32 bits per heavy atom. The van der Waals surface area contributed by atoms with Crippen molar-refractivity contribution in [2.45, 2.75) is 31.9 Å². The Bertz CT molecular complexity index is 647. The summed E-state index contributed by atoms with van der Waals surface area (Å²) in [4.78, 5) is 16.3. The number of rotatable bonds is 2. The van der Waals surface area contributed by atoms with E-state index in [1.165, 1.54) is 23.0 Å². The Morgan fingerprint density at radius 1 is 1.42 bits per heavy atom. The largest absolute Gasteiger partial charge is 0.376 e. The highest BCUT2D eigenvalue weighted by Gasteiger charge is 2.16. The molecule has 100 valence electrons. The Hall–Kier alpha value is -1.75. The van der Waals surface area contributed by atoms with Gasteiger partial charge in [-0.05, 0) is 31.4 Å². The van der Waals surface area contributed by atoms with Crippen molar-refractivity contribution in [2.75, 3.05) is 6.61 Å².